The van der Waals surface area contributed by atoms with Crippen molar-refractivity contribution in [2.75, 3.05) is 11.9 Å². The van der Waals surface area contributed by atoms with Crippen LogP contribution in [0.3, 0.4) is 0 Å². The second-order valence-electron chi connectivity index (χ2n) is 7.93. The highest BCUT2D eigenvalue weighted by Crippen LogP contribution is 2.38. The summed E-state index contributed by atoms with van der Waals surface area (Å²) in [7, 11) is -4.10. The molecule has 0 saturated heterocycles. The SMILES string of the molecule is Cc1nn2c(c1S(=O)(=O)NC(=O)Nc1cc3c(c4c1CCC4)CCC3)OCCC2. The molecule has 2 aromatic rings. The minimum atomic E-state index is -4.10. The number of fused-ring (bicyclic) bond motifs is 4. The lowest BCUT2D eigenvalue weighted by Gasteiger charge is -2.17. The highest BCUT2D eigenvalue weighted by molar-refractivity contribution is 7.90. The van der Waals surface area contributed by atoms with Gasteiger partial charge in [-0.25, -0.2) is 22.6 Å². The number of amides is 2. The van der Waals surface area contributed by atoms with E-state index >= 15 is 0 Å². The number of carbonyl (C=O) groups is 1. The fraction of sp³-hybridized carbons (Fsp3) is 0.500. The molecule has 1 aromatic carbocycles. The standard InChI is InChI=1S/C20H24N4O4S/c1-12-18(19-24(22-12)9-4-10-28-19)29(26,27)23-20(25)21-17-11-13-5-2-6-14(13)15-7-3-8-16(15)17/h11H,2-10H2,1H3,(H2,21,23,25). The number of hydrogen-bond donors (Lipinski definition) is 2. The molecule has 0 atom stereocenters. The summed E-state index contributed by atoms with van der Waals surface area (Å²) in [6, 6.07) is 1.27. The largest absolute Gasteiger partial charge is 0.477 e. The summed E-state index contributed by atoms with van der Waals surface area (Å²) >= 11 is 0. The van der Waals surface area contributed by atoms with Crippen LogP contribution in [0.2, 0.25) is 0 Å². The van der Waals surface area contributed by atoms with Crippen molar-refractivity contribution >= 4 is 21.7 Å². The number of anilines is 1. The highest BCUT2D eigenvalue weighted by Gasteiger charge is 2.32. The first-order chi connectivity index (χ1) is 13.9. The molecule has 9 heteroatoms. The third-order valence-corrected chi connectivity index (χ3v) is 7.47. The molecule has 2 N–H and O–H groups in total. The quantitative estimate of drug-likeness (QED) is 0.800. The van der Waals surface area contributed by atoms with E-state index in [0.29, 0.717) is 18.8 Å². The van der Waals surface area contributed by atoms with Crippen LogP contribution in [0.15, 0.2) is 11.0 Å². The Balaban J connectivity index is 1.41. The Kier molecular flexibility index (Phi) is 4.31. The van der Waals surface area contributed by atoms with Gasteiger partial charge < -0.3 is 10.1 Å². The van der Waals surface area contributed by atoms with E-state index in [1.165, 1.54) is 16.7 Å². The van der Waals surface area contributed by atoms with Gasteiger partial charge in [-0.3, -0.25) is 0 Å². The fourth-order valence-corrected chi connectivity index (χ4v) is 6.09. The molecule has 154 valence electrons. The molecule has 0 spiro atoms. The average Bonchev–Trinajstić information content (AvgIpc) is 3.37. The second kappa shape index (κ2) is 6.76. The Labute approximate surface area is 169 Å². The maximum Gasteiger partial charge on any atom is 0.333 e. The topological polar surface area (TPSA) is 102 Å². The second-order valence-corrected chi connectivity index (χ2v) is 9.55. The number of sulfonamides is 1. The minimum absolute atomic E-state index is 0.0634. The number of urea groups is 1. The molecule has 5 rings (SSSR count). The first kappa shape index (κ1) is 18.5. The van der Waals surface area contributed by atoms with Gasteiger partial charge in [0, 0.05) is 18.7 Å². The van der Waals surface area contributed by atoms with Crippen LogP contribution >= 0.6 is 0 Å². The third kappa shape index (κ3) is 3.08. The lowest BCUT2D eigenvalue weighted by molar-refractivity contribution is 0.224. The number of nitrogens with zero attached hydrogens (tertiary/aromatic N) is 2. The van der Waals surface area contributed by atoms with Crippen molar-refractivity contribution in [3.63, 3.8) is 0 Å². The van der Waals surface area contributed by atoms with Crippen molar-refractivity contribution in [1.29, 1.82) is 0 Å². The van der Waals surface area contributed by atoms with E-state index in [-0.39, 0.29) is 10.8 Å². The summed E-state index contributed by atoms with van der Waals surface area (Å²) in [6.07, 6.45) is 7.03. The first-order valence-corrected chi connectivity index (χ1v) is 11.6. The van der Waals surface area contributed by atoms with Gasteiger partial charge in [-0.1, -0.05) is 0 Å². The Morgan fingerprint density at radius 2 is 1.86 bits per heavy atom. The maximum absolute atomic E-state index is 12.9. The number of rotatable bonds is 3. The zero-order chi connectivity index (χ0) is 20.2. The molecular weight excluding hydrogens is 392 g/mol. The van der Waals surface area contributed by atoms with Crippen molar-refractivity contribution in [3.8, 4) is 5.88 Å². The summed E-state index contributed by atoms with van der Waals surface area (Å²) in [5.41, 5.74) is 6.28. The van der Waals surface area contributed by atoms with Crippen LogP contribution in [0, 0.1) is 6.92 Å². The zero-order valence-electron chi connectivity index (χ0n) is 16.4. The van der Waals surface area contributed by atoms with Crippen molar-refractivity contribution in [3.05, 3.63) is 34.0 Å². The molecule has 0 unspecified atom stereocenters. The number of aromatic nitrogens is 2. The summed E-state index contributed by atoms with van der Waals surface area (Å²) in [5.74, 6) is 0.201. The molecule has 8 nitrogen and oxygen atoms in total. The van der Waals surface area contributed by atoms with Gasteiger partial charge in [0.1, 0.15) is 0 Å². The molecule has 2 aliphatic carbocycles. The van der Waals surface area contributed by atoms with E-state index < -0.39 is 16.1 Å². The summed E-state index contributed by atoms with van der Waals surface area (Å²) in [6.45, 7) is 2.63. The molecular formula is C20H24N4O4S. The van der Waals surface area contributed by atoms with Gasteiger partial charge in [-0.15, -0.1) is 0 Å². The van der Waals surface area contributed by atoms with Gasteiger partial charge >= 0.3 is 6.03 Å². The smallest absolute Gasteiger partial charge is 0.333 e. The number of ether oxygens (including phenoxy) is 1. The zero-order valence-corrected chi connectivity index (χ0v) is 17.2. The van der Waals surface area contributed by atoms with E-state index in [2.05, 4.69) is 15.1 Å². The van der Waals surface area contributed by atoms with Gasteiger partial charge in [0.05, 0.1) is 12.3 Å². The Morgan fingerprint density at radius 1 is 1.10 bits per heavy atom. The van der Waals surface area contributed by atoms with E-state index in [0.717, 1.165) is 56.2 Å². The summed E-state index contributed by atoms with van der Waals surface area (Å²) < 4.78 is 35.0. The van der Waals surface area contributed by atoms with E-state index in [1.54, 1.807) is 11.6 Å². The average molecular weight is 417 g/mol. The molecule has 1 aromatic heterocycles. The molecule has 0 radical (unpaired) electrons. The van der Waals surface area contributed by atoms with Crippen LogP contribution in [0.5, 0.6) is 5.88 Å². The van der Waals surface area contributed by atoms with Crippen molar-refractivity contribution in [2.45, 2.75) is 63.3 Å². The van der Waals surface area contributed by atoms with E-state index in [4.69, 9.17) is 4.74 Å². The predicted molar refractivity (Wildman–Crippen MR) is 107 cm³/mol. The van der Waals surface area contributed by atoms with Crippen molar-refractivity contribution in [2.24, 2.45) is 0 Å². The summed E-state index contributed by atoms with van der Waals surface area (Å²) in [5, 5.41) is 7.03. The van der Waals surface area contributed by atoms with E-state index in [9.17, 15) is 13.2 Å². The van der Waals surface area contributed by atoms with Gasteiger partial charge in [0.2, 0.25) is 5.88 Å². The van der Waals surface area contributed by atoms with Crippen LogP contribution in [-0.2, 0) is 42.3 Å². The molecule has 29 heavy (non-hydrogen) atoms. The summed E-state index contributed by atoms with van der Waals surface area (Å²) in [4.78, 5) is 12.6. The van der Waals surface area contributed by atoms with Crippen LogP contribution in [-0.4, -0.2) is 30.8 Å². The lowest BCUT2D eigenvalue weighted by Crippen LogP contribution is -2.35. The van der Waals surface area contributed by atoms with Crippen LogP contribution in [0.4, 0.5) is 10.5 Å². The molecule has 0 saturated carbocycles. The first-order valence-electron chi connectivity index (χ1n) is 10.1. The fourth-order valence-electron chi connectivity index (χ4n) is 4.87. The number of carbonyl (C=O) groups excluding carboxylic acids is 1. The van der Waals surface area contributed by atoms with Gasteiger partial charge in [-0.2, -0.15) is 5.10 Å². The third-order valence-electron chi connectivity index (χ3n) is 6.01. The number of nitrogens with one attached hydrogen (secondary N) is 2. The Morgan fingerprint density at radius 3 is 2.72 bits per heavy atom. The molecule has 1 aliphatic heterocycles. The molecule has 0 fully saturated rings. The predicted octanol–water partition coefficient (Wildman–Crippen LogP) is 2.46. The molecule has 0 bridgehead atoms. The van der Waals surface area contributed by atoms with Crippen LogP contribution in [0.1, 0.15) is 47.2 Å². The monoisotopic (exact) mass is 416 g/mol. The van der Waals surface area contributed by atoms with Gasteiger partial charge in [-0.05, 0) is 73.8 Å². The number of aryl methyl sites for hydroxylation is 3. The molecule has 2 amide bonds. The molecule has 2 heterocycles. The van der Waals surface area contributed by atoms with Crippen LogP contribution in [0.25, 0.3) is 0 Å². The van der Waals surface area contributed by atoms with Gasteiger partial charge in [0.15, 0.2) is 4.90 Å². The van der Waals surface area contributed by atoms with E-state index in [1.807, 2.05) is 6.07 Å². The minimum Gasteiger partial charge on any atom is -0.477 e. The van der Waals surface area contributed by atoms with Crippen molar-refractivity contribution in [1.82, 2.24) is 14.5 Å². The molecule has 3 aliphatic rings. The Hall–Kier alpha value is -2.55. The van der Waals surface area contributed by atoms with Crippen LogP contribution < -0.4 is 14.8 Å². The number of benzene rings is 1. The van der Waals surface area contributed by atoms with Gasteiger partial charge in [0.25, 0.3) is 10.0 Å². The maximum atomic E-state index is 12.9. The lowest BCUT2D eigenvalue weighted by atomic mass is 9.98. The normalized spacial score (nSPS) is 17.3. The Bertz CT molecular complexity index is 1120. The van der Waals surface area contributed by atoms with Crippen molar-refractivity contribution < 1.29 is 17.9 Å². The highest BCUT2D eigenvalue weighted by atomic mass is 32.2. The number of hydrogen-bond acceptors (Lipinski definition) is 5.